The lowest BCUT2D eigenvalue weighted by molar-refractivity contribution is -0.274. The highest BCUT2D eigenvalue weighted by molar-refractivity contribution is 5.98. The second-order valence-electron chi connectivity index (χ2n) is 5.31. The Morgan fingerprint density at radius 1 is 0.962 bits per heavy atom. The molecule has 0 radical (unpaired) electrons. The van der Waals surface area contributed by atoms with Crippen molar-refractivity contribution in [2.45, 2.75) is 18.6 Å². The molecule has 1 heterocycles. The quantitative estimate of drug-likeness (QED) is 0.774. The molecule has 1 amide bonds. The molecule has 1 atom stereocenters. The average molecular weight is 377 g/mol. The van der Waals surface area contributed by atoms with Gasteiger partial charge in [-0.25, -0.2) is 0 Å². The minimum absolute atomic E-state index is 0.101. The zero-order valence-corrected chi connectivity index (χ0v) is 12.6. The van der Waals surface area contributed by atoms with E-state index in [1.165, 1.54) is 0 Å². The van der Waals surface area contributed by atoms with Gasteiger partial charge < -0.3 is 14.8 Å². The number of amides is 1. The number of rotatable bonds is 2. The molecule has 3 rings (SSSR count). The Bertz CT molecular complexity index is 829. The van der Waals surface area contributed by atoms with Crippen LogP contribution in [-0.2, 0) is 11.0 Å². The lowest BCUT2D eigenvalue weighted by Crippen LogP contribution is -2.30. The van der Waals surface area contributed by atoms with E-state index >= 15 is 0 Å². The summed E-state index contributed by atoms with van der Waals surface area (Å²) in [7, 11) is 0. The molecule has 0 saturated heterocycles. The summed E-state index contributed by atoms with van der Waals surface area (Å²) < 4.78 is 83.8. The monoisotopic (exact) mass is 377 g/mol. The van der Waals surface area contributed by atoms with Crippen LogP contribution in [0.25, 0.3) is 0 Å². The molecule has 1 aliphatic rings. The number of benzene rings is 2. The number of carbonyl (C=O) groups is 1. The second-order valence-corrected chi connectivity index (χ2v) is 5.31. The smallest absolute Gasteiger partial charge is 0.473 e. The number of fused-ring (bicyclic) bond motifs is 1. The number of hydrogen-bond acceptors (Lipinski definition) is 3. The molecule has 26 heavy (non-hydrogen) atoms. The van der Waals surface area contributed by atoms with E-state index in [-0.39, 0.29) is 17.0 Å². The fraction of sp³-hybridized carbons (Fsp3) is 0.188. The molecular weight excluding hydrogens is 368 g/mol. The topological polar surface area (TPSA) is 47.6 Å². The van der Waals surface area contributed by atoms with Crippen LogP contribution in [0.1, 0.15) is 17.2 Å². The van der Waals surface area contributed by atoms with Crippen LogP contribution in [-0.4, -0.2) is 12.3 Å². The minimum Gasteiger partial charge on any atom is -0.473 e. The van der Waals surface area contributed by atoms with Crippen LogP contribution < -0.4 is 14.8 Å². The van der Waals surface area contributed by atoms with Gasteiger partial charge >= 0.3 is 12.5 Å². The lowest BCUT2D eigenvalue weighted by atomic mass is 10.0. The van der Waals surface area contributed by atoms with Crippen molar-refractivity contribution in [1.29, 1.82) is 0 Å². The zero-order chi connectivity index (χ0) is 19.1. The van der Waals surface area contributed by atoms with Gasteiger partial charge in [0, 0.05) is 11.6 Å². The van der Waals surface area contributed by atoms with E-state index in [1.807, 2.05) is 0 Å². The number of carbonyl (C=O) groups excluding carboxylic acids is 1. The molecule has 0 spiro atoms. The summed E-state index contributed by atoms with van der Waals surface area (Å²) in [5, 5.41) is 2.42. The number of nitrogens with one attached hydrogen (secondary N) is 1. The average Bonchev–Trinajstić information content (AvgIpc) is 2.52. The Morgan fingerprint density at radius 2 is 1.62 bits per heavy atom. The highest BCUT2D eigenvalue weighted by Gasteiger charge is 2.34. The van der Waals surface area contributed by atoms with Crippen molar-refractivity contribution in [3.63, 3.8) is 0 Å². The Kier molecular flexibility index (Phi) is 4.21. The van der Waals surface area contributed by atoms with Crippen molar-refractivity contribution < 1.29 is 40.6 Å². The maximum Gasteiger partial charge on any atom is 0.573 e. The van der Waals surface area contributed by atoms with Crippen LogP contribution in [0.5, 0.6) is 11.5 Å². The third-order valence-corrected chi connectivity index (χ3v) is 3.47. The largest absolute Gasteiger partial charge is 0.573 e. The van der Waals surface area contributed by atoms with Gasteiger partial charge in [0.05, 0.1) is 11.3 Å². The van der Waals surface area contributed by atoms with Crippen LogP contribution in [0.15, 0.2) is 42.5 Å². The molecule has 4 nitrogen and oxygen atoms in total. The van der Waals surface area contributed by atoms with E-state index in [1.54, 1.807) is 0 Å². The molecule has 0 aromatic heterocycles. The van der Waals surface area contributed by atoms with Crippen molar-refractivity contribution >= 4 is 11.6 Å². The molecule has 1 aliphatic heterocycles. The van der Waals surface area contributed by atoms with E-state index in [4.69, 9.17) is 4.74 Å². The van der Waals surface area contributed by atoms with Crippen LogP contribution in [0.3, 0.4) is 0 Å². The normalized spacial score (nSPS) is 17.2. The molecule has 0 aliphatic carbocycles. The third kappa shape index (κ3) is 3.84. The van der Waals surface area contributed by atoms with Crippen LogP contribution in [0, 0.1) is 0 Å². The Morgan fingerprint density at radius 3 is 2.19 bits per heavy atom. The van der Waals surface area contributed by atoms with Gasteiger partial charge in [0.25, 0.3) is 5.91 Å². The molecule has 10 heteroatoms. The van der Waals surface area contributed by atoms with E-state index < -0.39 is 35.9 Å². The molecular formula is C16H9F6NO3. The van der Waals surface area contributed by atoms with Gasteiger partial charge in [-0.3, -0.25) is 4.79 Å². The summed E-state index contributed by atoms with van der Waals surface area (Å²) in [5.41, 5.74) is -0.672. The SMILES string of the molecule is O=C1Nc2ccc(OC(F)(F)F)cc2O[C@H]1c1ccc(C(F)(F)F)cc1. The van der Waals surface area contributed by atoms with Gasteiger partial charge in [-0.2, -0.15) is 13.2 Å². The van der Waals surface area contributed by atoms with Crippen molar-refractivity contribution in [3.05, 3.63) is 53.6 Å². The van der Waals surface area contributed by atoms with E-state index in [0.29, 0.717) is 0 Å². The van der Waals surface area contributed by atoms with Crippen molar-refractivity contribution in [2.75, 3.05) is 5.32 Å². The predicted octanol–water partition coefficient (Wildman–Crippen LogP) is 4.68. The molecule has 0 saturated carbocycles. The number of hydrogen-bond donors (Lipinski definition) is 1. The van der Waals surface area contributed by atoms with E-state index in [9.17, 15) is 31.1 Å². The predicted molar refractivity (Wildman–Crippen MR) is 76.6 cm³/mol. The fourth-order valence-corrected chi connectivity index (χ4v) is 2.35. The highest BCUT2D eigenvalue weighted by atomic mass is 19.4. The van der Waals surface area contributed by atoms with Gasteiger partial charge in [-0.15, -0.1) is 13.2 Å². The summed E-state index contributed by atoms with van der Waals surface area (Å²) in [6.45, 7) is 0. The lowest BCUT2D eigenvalue weighted by Gasteiger charge is -2.26. The zero-order valence-electron chi connectivity index (χ0n) is 12.6. The van der Waals surface area contributed by atoms with E-state index in [0.717, 1.165) is 42.5 Å². The molecule has 138 valence electrons. The van der Waals surface area contributed by atoms with E-state index in [2.05, 4.69) is 10.1 Å². The van der Waals surface area contributed by atoms with Gasteiger partial charge in [0.15, 0.2) is 0 Å². The van der Waals surface area contributed by atoms with Gasteiger partial charge in [-0.1, -0.05) is 12.1 Å². The molecule has 1 N–H and O–H groups in total. The Labute approximate surface area is 142 Å². The summed E-state index contributed by atoms with van der Waals surface area (Å²) in [5.74, 6) is -1.32. The summed E-state index contributed by atoms with van der Waals surface area (Å²) >= 11 is 0. The number of anilines is 1. The third-order valence-electron chi connectivity index (χ3n) is 3.47. The number of alkyl halides is 6. The molecule has 2 aromatic rings. The molecule has 2 aromatic carbocycles. The summed E-state index contributed by atoms with van der Waals surface area (Å²) in [6.07, 6.45) is -10.8. The number of ether oxygens (including phenoxy) is 2. The minimum atomic E-state index is -4.90. The highest BCUT2D eigenvalue weighted by Crippen LogP contribution is 2.39. The fourth-order valence-electron chi connectivity index (χ4n) is 2.35. The number of halogens is 6. The first-order valence-electron chi connectivity index (χ1n) is 7.07. The van der Waals surface area contributed by atoms with Gasteiger partial charge in [-0.05, 0) is 24.3 Å². The van der Waals surface area contributed by atoms with Gasteiger partial charge in [0.1, 0.15) is 11.5 Å². The molecule has 0 fully saturated rings. The van der Waals surface area contributed by atoms with Gasteiger partial charge in [0.2, 0.25) is 6.10 Å². The molecule has 0 bridgehead atoms. The standard InChI is InChI=1S/C16H9F6NO3/c17-15(18,19)9-3-1-8(2-4-9)13-14(24)23-11-6-5-10(7-12(11)25-13)26-16(20,21)22/h1-7,13H,(H,23,24)/t13-/m0/s1. The first-order valence-corrected chi connectivity index (χ1v) is 7.07. The van der Waals surface area contributed by atoms with Crippen molar-refractivity contribution in [3.8, 4) is 11.5 Å². The van der Waals surface area contributed by atoms with Crippen molar-refractivity contribution in [2.24, 2.45) is 0 Å². The Hall–Kier alpha value is -2.91. The van der Waals surface area contributed by atoms with Crippen LogP contribution >= 0.6 is 0 Å². The van der Waals surface area contributed by atoms with Crippen LogP contribution in [0.2, 0.25) is 0 Å². The van der Waals surface area contributed by atoms with Crippen molar-refractivity contribution in [1.82, 2.24) is 0 Å². The summed E-state index contributed by atoms with van der Waals surface area (Å²) in [4.78, 5) is 12.1. The maximum absolute atomic E-state index is 12.6. The molecule has 0 unspecified atom stereocenters. The Balaban J connectivity index is 1.86. The second kappa shape index (κ2) is 6.11. The maximum atomic E-state index is 12.6. The first kappa shape index (κ1) is 17.9. The summed E-state index contributed by atoms with van der Waals surface area (Å²) in [6, 6.07) is 6.78. The van der Waals surface area contributed by atoms with Crippen LogP contribution in [0.4, 0.5) is 32.0 Å². The first-order chi connectivity index (χ1) is 12.0.